The van der Waals surface area contributed by atoms with E-state index in [1.807, 2.05) is 0 Å². The fraction of sp³-hybridized carbons (Fsp3) is 0.842. The molecule has 0 saturated carbocycles. The van der Waals surface area contributed by atoms with Crippen LogP contribution in [0.1, 0.15) is 32.1 Å². The fourth-order valence-electron chi connectivity index (χ4n) is 2.17. The highest BCUT2D eigenvalue weighted by Crippen LogP contribution is 2.04. The SMILES string of the molecule is CNC[C@H](O)[C@@H](O)[C@H](O)[C@H](O)CO.NC(N)=NCCC[C@H](N)C(=O)O.NCCCC[C@H](N)C(=O)O. The van der Waals surface area contributed by atoms with Gasteiger partial charge in [-0.3, -0.25) is 14.6 Å². The van der Waals surface area contributed by atoms with E-state index in [4.69, 9.17) is 59.3 Å². The molecule has 210 valence electrons. The predicted molar refractivity (Wildman–Crippen MR) is 129 cm³/mol. The van der Waals surface area contributed by atoms with Crippen molar-refractivity contribution in [3.63, 3.8) is 0 Å². The van der Waals surface area contributed by atoms with E-state index in [2.05, 4.69) is 10.3 Å². The summed E-state index contributed by atoms with van der Waals surface area (Å²) in [7, 11) is 1.57. The number of aliphatic hydroxyl groups excluding tert-OH is 5. The van der Waals surface area contributed by atoms with E-state index in [-0.39, 0.29) is 12.5 Å². The first-order chi connectivity index (χ1) is 16.3. The zero-order valence-electron chi connectivity index (χ0n) is 20.1. The summed E-state index contributed by atoms with van der Waals surface area (Å²) < 4.78 is 0. The first kappa shape index (κ1) is 37.4. The van der Waals surface area contributed by atoms with Crippen LogP contribution in [0.25, 0.3) is 0 Å². The zero-order chi connectivity index (χ0) is 28.0. The van der Waals surface area contributed by atoms with Crippen LogP contribution in [-0.2, 0) is 9.59 Å². The number of nitrogens with zero attached hydrogens (tertiary/aromatic N) is 1. The number of guanidine groups is 1. The van der Waals surface area contributed by atoms with Gasteiger partial charge in [0.1, 0.15) is 30.4 Å². The maximum absolute atomic E-state index is 10.2. The molecule has 0 radical (unpaired) electrons. The Morgan fingerprint density at radius 3 is 1.69 bits per heavy atom. The summed E-state index contributed by atoms with van der Waals surface area (Å²) in [5.74, 6) is -1.92. The molecule has 0 spiro atoms. The van der Waals surface area contributed by atoms with E-state index in [0.717, 1.165) is 12.8 Å². The lowest BCUT2D eigenvalue weighted by atomic mass is 10.0. The van der Waals surface area contributed by atoms with Crippen LogP contribution in [-0.4, -0.2) is 123 Å². The van der Waals surface area contributed by atoms with Gasteiger partial charge in [-0.1, -0.05) is 6.42 Å². The summed E-state index contributed by atoms with van der Waals surface area (Å²) in [6.45, 7) is 0.455. The second-order valence-electron chi connectivity index (χ2n) is 7.48. The number of unbranched alkanes of at least 4 members (excludes halogenated alkanes) is 1. The van der Waals surface area contributed by atoms with Gasteiger partial charge in [-0.2, -0.15) is 0 Å². The van der Waals surface area contributed by atoms with Crippen molar-refractivity contribution in [1.29, 1.82) is 0 Å². The maximum atomic E-state index is 10.2. The minimum absolute atomic E-state index is 0.0129. The van der Waals surface area contributed by atoms with E-state index >= 15 is 0 Å². The molecule has 16 heteroatoms. The van der Waals surface area contributed by atoms with Crippen LogP contribution in [0.5, 0.6) is 0 Å². The monoisotopic (exact) mass is 515 g/mol. The van der Waals surface area contributed by atoms with E-state index in [1.165, 1.54) is 0 Å². The van der Waals surface area contributed by atoms with Crippen LogP contribution in [0.15, 0.2) is 4.99 Å². The van der Waals surface area contributed by atoms with Gasteiger partial charge in [-0.15, -0.1) is 0 Å². The lowest BCUT2D eigenvalue weighted by molar-refractivity contribution is -0.139. The number of aliphatic carboxylic acids is 2. The minimum atomic E-state index is -1.55. The molecule has 0 aromatic heterocycles. The van der Waals surface area contributed by atoms with Crippen LogP contribution in [0.4, 0.5) is 0 Å². The standard InChI is InChI=1S/C7H17NO5.C6H14N4O2.C6H14N2O2/c1-8-2-4(10)6(12)7(13)5(11)3-9;7-4(5(11)12)2-1-3-10-6(8)9;7-4-2-1-3-5(8)6(9)10/h4-13H,2-3H2,1H3;4H,1-3,7H2,(H,11,12)(H4,8,9,10);5H,1-4,7-8H2,(H,9,10)/t4-,5+,6+,7+;4-;5-/m000/s1. The maximum Gasteiger partial charge on any atom is 0.320 e. The predicted octanol–water partition coefficient (Wildman–Crippen LogP) is -5.38. The molecule has 0 saturated heterocycles. The fourth-order valence-corrected chi connectivity index (χ4v) is 2.17. The molecule has 0 fully saturated rings. The van der Waals surface area contributed by atoms with E-state index in [9.17, 15) is 14.7 Å². The number of hydrogen-bond acceptors (Lipinski definition) is 12. The summed E-state index contributed by atoms with van der Waals surface area (Å²) in [6, 6.07) is -1.54. The molecule has 18 N–H and O–H groups in total. The number of carboxylic acid groups (broad SMARTS) is 2. The zero-order valence-corrected chi connectivity index (χ0v) is 20.1. The smallest absolute Gasteiger partial charge is 0.320 e. The third-order valence-electron chi connectivity index (χ3n) is 4.31. The number of hydrogen-bond donors (Lipinski definition) is 13. The first-order valence-corrected chi connectivity index (χ1v) is 11.0. The van der Waals surface area contributed by atoms with Crippen molar-refractivity contribution in [3.8, 4) is 0 Å². The van der Waals surface area contributed by atoms with E-state index in [1.54, 1.807) is 7.05 Å². The summed E-state index contributed by atoms with van der Waals surface area (Å²) in [6.07, 6.45) is -2.53. The molecule has 0 aromatic rings. The Balaban J connectivity index is -0.000000443. The van der Waals surface area contributed by atoms with Crippen molar-refractivity contribution < 1.29 is 45.3 Å². The highest BCUT2D eigenvalue weighted by Gasteiger charge is 2.29. The van der Waals surface area contributed by atoms with Gasteiger partial charge < -0.3 is 69.7 Å². The first-order valence-electron chi connectivity index (χ1n) is 11.0. The van der Waals surface area contributed by atoms with Crippen molar-refractivity contribution in [2.45, 2.75) is 68.6 Å². The largest absolute Gasteiger partial charge is 0.480 e. The van der Waals surface area contributed by atoms with Crippen LogP contribution >= 0.6 is 0 Å². The molecular weight excluding hydrogens is 470 g/mol. The van der Waals surface area contributed by atoms with Gasteiger partial charge >= 0.3 is 11.9 Å². The normalized spacial score (nSPS) is 15.6. The molecule has 0 unspecified atom stereocenters. The highest BCUT2D eigenvalue weighted by molar-refractivity contribution is 5.75. The van der Waals surface area contributed by atoms with Crippen LogP contribution in [0.2, 0.25) is 0 Å². The second-order valence-corrected chi connectivity index (χ2v) is 7.48. The average Bonchev–Trinajstić information content (AvgIpc) is 2.80. The lowest BCUT2D eigenvalue weighted by Gasteiger charge is -2.25. The Hall–Kier alpha value is -2.15. The van der Waals surface area contributed by atoms with Gasteiger partial charge in [-0.25, -0.2) is 0 Å². The molecule has 0 aliphatic heterocycles. The van der Waals surface area contributed by atoms with Gasteiger partial charge in [0.2, 0.25) is 0 Å². The molecule has 0 heterocycles. The third kappa shape index (κ3) is 23.4. The minimum Gasteiger partial charge on any atom is -0.480 e. The molecule has 0 bridgehead atoms. The molecule has 0 aliphatic carbocycles. The Bertz CT molecular complexity index is 569. The number of nitrogens with two attached hydrogens (primary N) is 5. The Morgan fingerprint density at radius 1 is 0.857 bits per heavy atom. The third-order valence-corrected chi connectivity index (χ3v) is 4.31. The van der Waals surface area contributed by atoms with Crippen LogP contribution in [0, 0.1) is 0 Å². The number of carbonyl (C=O) groups is 2. The van der Waals surface area contributed by atoms with Gasteiger partial charge in [0.15, 0.2) is 5.96 Å². The molecule has 0 aromatic carbocycles. The van der Waals surface area contributed by atoms with Crippen molar-refractivity contribution in [2.24, 2.45) is 33.7 Å². The summed E-state index contributed by atoms with van der Waals surface area (Å²) in [5, 5.41) is 64.2. The molecule has 0 amide bonds. The van der Waals surface area contributed by atoms with Crippen LogP contribution < -0.4 is 34.0 Å². The molecule has 6 atom stereocenters. The number of aliphatic hydroxyl groups is 5. The molecular formula is C19H45N7O9. The van der Waals surface area contributed by atoms with Gasteiger partial charge in [0.05, 0.1) is 12.7 Å². The van der Waals surface area contributed by atoms with Gasteiger partial charge in [0.25, 0.3) is 0 Å². The summed E-state index contributed by atoms with van der Waals surface area (Å²) >= 11 is 0. The Kier molecular flexibility index (Phi) is 25.2. The van der Waals surface area contributed by atoms with Crippen molar-refractivity contribution in [1.82, 2.24) is 5.32 Å². The molecule has 35 heavy (non-hydrogen) atoms. The number of aliphatic imine (C=N–C) groups is 1. The topological polar surface area (TPSA) is 330 Å². The molecule has 0 aliphatic rings. The van der Waals surface area contributed by atoms with Gasteiger partial charge in [0, 0.05) is 13.1 Å². The number of likely N-dealkylation sites (N-methyl/N-ethyl adjacent to an activating group) is 1. The second kappa shape index (κ2) is 23.6. The number of carboxylic acids is 2. The molecule has 0 rings (SSSR count). The van der Waals surface area contributed by atoms with E-state index in [0.29, 0.717) is 32.4 Å². The number of rotatable bonds is 16. The van der Waals surface area contributed by atoms with Crippen molar-refractivity contribution in [2.75, 3.05) is 33.3 Å². The summed E-state index contributed by atoms with van der Waals surface area (Å²) in [5.41, 5.74) is 25.7. The highest BCUT2D eigenvalue weighted by atomic mass is 16.4. The van der Waals surface area contributed by atoms with Crippen molar-refractivity contribution in [3.05, 3.63) is 0 Å². The Labute approximate surface area is 204 Å². The Morgan fingerprint density at radius 2 is 1.31 bits per heavy atom. The van der Waals surface area contributed by atoms with Crippen LogP contribution in [0.3, 0.4) is 0 Å². The quantitative estimate of drug-likeness (QED) is 0.0518. The number of nitrogens with one attached hydrogen (secondary N) is 1. The lowest BCUT2D eigenvalue weighted by Crippen LogP contribution is -2.48. The summed E-state index contributed by atoms with van der Waals surface area (Å²) in [4.78, 5) is 24.0. The van der Waals surface area contributed by atoms with Gasteiger partial charge in [-0.05, 0) is 39.3 Å². The average molecular weight is 516 g/mol. The van der Waals surface area contributed by atoms with Crippen molar-refractivity contribution >= 4 is 17.9 Å². The molecule has 16 nitrogen and oxygen atoms in total. The van der Waals surface area contributed by atoms with E-state index < -0.39 is 55.0 Å².